The Morgan fingerprint density at radius 3 is 2.93 bits per heavy atom. The van der Waals surface area contributed by atoms with Gasteiger partial charge in [0.25, 0.3) is 0 Å². The van der Waals surface area contributed by atoms with Crippen LogP contribution < -0.4 is 11.0 Å². The highest BCUT2D eigenvalue weighted by molar-refractivity contribution is 5.28. The van der Waals surface area contributed by atoms with Gasteiger partial charge in [-0.05, 0) is 33.5 Å². The van der Waals surface area contributed by atoms with Gasteiger partial charge >= 0.3 is 5.69 Å². The van der Waals surface area contributed by atoms with Crippen molar-refractivity contribution in [2.75, 3.05) is 32.5 Å². The number of aromatic nitrogens is 3. The lowest BCUT2D eigenvalue weighted by atomic mass is 10.3. The molecule has 1 aromatic heterocycles. The number of nitrogens with zero attached hydrogens (tertiary/aromatic N) is 3. The summed E-state index contributed by atoms with van der Waals surface area (Å²) >= 11 is 0. The van der Waals surface area contributed by atoms with Crippen molar-refractivity contribution in [2.24, 2.45) is 0 Å². The zero-order valence-corrected chi connectivity index (χ0v) is 9.16. The monoisotopic (exact) mass is 211 g/mol. The Balaban J connectivity index is 2.18. The summed E-state index contributed by atoms with van der Waals surface area (Å²) in [7, 11) is 4.10. The molecule has 84 valence electrons. The van der Waals surface area contributed by atoms with E-state index >= 15 is 0 Å². The van der Waals surface area contributed by atoms with E-state index in [2.05, 4.69) is 39.5 Å². The molecular weight excluding hydrogens is 194 g/mol. The van der Waals surface area contributed by atoms with Crippen LogP contribution in [0.3, 0.4) is 0 Å². The van der Waals surface area contributed by atoms with Gasteiger partial charge in [-0.25, -0.2) is 9.89 Å². The van der Waals surface area contributed by atoms with E-state index in [9.17, 15) is 4.79 Å². The first-order valence-corrected chi connectivity index (χ1v) is 4.99. The molecule has 0 atom stereocenters. The normalized spacial score (nSPS) is 10.6. The van der Waals surface area contributed by atoms with Gasteiger partial charge in [0, 0.05) is 6.54 Å². The van der Waals surface area contributed by atoms with Crippen LogP contribution in [0.15, 0.2) is 11.0 Å². The molecule has 0 spiro atoms. The molecule has 0 saturated heterocycles. The average Bonchev–Trinajstić information content (AvgIpc) is 2.17. The molecule has 0 aliphatic carbocycles. The molecule has 1 heterocycles. The molecule has 0 saturated carbocycles. The Morgan fingerprint density at radius 1 is 1.47 bits per heavy atom. The van der Waals surface area contributed by atoms with Gasteiger partial charge in [-0.1, -0.05) is 0 Å². The summed E-state index contributed by atoms with van der Waals surface area (Å²) < 4.78 is 0. The average molecular weight is 211 g/mol. The fourth-order valence-corrected chi connectivity index (χ4v) is 1.17. The van der Waals surface area contributed by atoms with E-state index in [0.717, 1.165) is 25.9 Å². The fraction of sp³-hybridized carbons (Fsp3) is 0.667. The standard InChI is InChI=1S/C9H17N5O/c1-14(2)6-4-3-5-10-8-7-11-13-9(15)12-8/h7H,3-6H2,1-2H3,(H2,10,12,13,15). The van der Waals surface area contributed by atoms with Crippen molar-refractivity contribution in [3.63, 3.8) is 0 Å². The maximum Gasteiger partial charge on any atom is 0.363 e. The predicted octanol–water partition coefficient (Wildman–Crippen LogP) is -0.0814. The van der Waals surface area contributed by atoms with Crippen LogP contribution in [0.4, 0.5) is 5.82 Å². The zero-order chi connectivity index (χ0) is 11.1. The Labute approximate surface area is 88.7 Å². The minimum absolute atomic E-state index is 0.423. The Kier molecular flexibility index (Phi) is 4.76. The van der Waals surface area contributed by atoms with Crippen molar-refractivity contribution in [2.45, 2.75) is 12.8 Å². The van der Waals surface area contributed by atoms with Gasteiger partial charge in [-0.3, -0.25) is 0 Å². The van der Waals surface area contributed by atoms with Crippen molar-refractivity contribution < 1.29 is 0 Å². The molecule has 1 aromatic rings. The number of aromatic amines is 1. The van der Waals surface area contributed by atoms with Gasteiger partial charge in [0.15, 0.2) is 5.82 Å². The number of nitrogens with one attached hydrogen (secondary N) is 2. The van der Waals surface area contributed by atoms with Crippen LogP contribution in [0.1, 0.15) is 12.8 Å². The Bertz CT molecular complexity index is 335. The van der Waals surface area contributed by atoms with Crippen LogP contribution in [-0.4, -0.2) is 47.3 Å². The van der Waals surface area contributed by atoms with Crippen molar-refractivity contribution in [3.8, 4) is 0 Å². The highest BCUT2D eigenvalue weighted by Crippen LogP contribution is 1.96. The second-order valence-corrected chi connectivity index (χ2v) is 3.61. The molecule has 0 unspecified atom stereocenters. The third-order valence-corrected chi connectivity index (χ3v) is 1.91. The zero-order valence-electron chi connectivity index (χ0n) is 9.16. The van der Waals surface area contributed by atoms with E-state index < -0.39 is 5.69 Å². The molecular formula is C9H17N5O. The van der Waals surface area contributed by atoms with Gasteiger partial charge in [0.2, 0.25) is 0 Å². The highest BCUT2D eigenvalue weighted by Gasteiger charge is 1.95. The molecule has 2 N–H and O–H groups in total. The third-order valence-electron chi connectivity index (χ3n) is 1.91. The smallest absolute Gasteiger partial charge is 0.363 e. The topological polar surface area (TPSA) is 73.9 Å². The summed E-state index contributed by atoms with van der Waals surface area (Å²) in [5.74, 6) is 0.531. The first kappa shape index (κ1) is 11.6. The van der Waals surface area contributed by atoms with E-state index in [1.165, 1.54) is 6.20 Å². The van der Waals surface area contributed by atoms with Crippen LogP contribution in [-0.2, 0) is 0 Å². The SMILES string of the molecule is CN(C)CCCCNc1cn[nH]c(=O)n1. The maximum atomic E-state index is 10.8. The number of hydrogen-bond acceptors (Lipinski definition) is 5. The van der Waals surface area contributed by atoms with Crippen LogP contribution in [0.2, 0.25) is 0 Å². The van der Waals surface area contributed by atoms with Crippen LogP contribution in [0.25, 0.3) is 0 Å². The highest BCUT2D eigenvalue weighted by atomic mass is 16.1. The number of unbranched alkanes of at least 4 members (excludes halogenated alkanes) is 1. The molecule has 0 bridgehead atoms. The Morgan fingerprint density at radius 2 is 2.27 bits per heavy atom. The van der Waals surface area contributed by atoms with Crippen LogP contribution in [0, 0.1) is 0 Å². The molecule has 6 heteroatoms. The van der Waals surface area contributed by atoms with Gasteiger partial charge in [-0.15, -0.1) is 0 Å². The van der Waals surface area contributed by atoms with Crippen molar-refractivity contribution in [1.82, 2.24) is 20.1 Å². The number of rotatable bonds is 6. The first-order chi connectivity index (χ1) is 7.18. The van der Waals surface area contributed by atoms with Gasteiger partial charge < -0.3 is 10.2 Å². The summed E-state index contributed by atoms with van der Waals surface area (Å²) in [4.78, 5) is 16.6. The van der Waals surface area contributed by atoms with Crippen LogP contribution in [0.5, 0.6) is 0 Å². The lowest BCUT2D eigenvalue weighted by Gasteiger charge is -2.09. The Hall–Kier alpha value is -1.43. The van der Waals surface area contributed by atoms with E-state index in [1.54, 1.807) is 0 Å². The molecule has 0 amide bonds. The molecule has 0 aliphatic heterocycles. The minimum Gasteiger partial charge on any atom is -0.369 e. The third kappa shape index (κ3) is 5.11. The van der Waals surface area contributed by atoms with Crippen molar-refractivity contribution >= 4 is 5.82 Å². The molecule has 0 aliphatic rings. The molecule has 0 fully saturated rings. The lowest BCUT2D eigenvalue weighted by molar-refractivity contribution is 0.396. The van der Waals surface area contributed by atoms with E-state index in [-0.39, 0.29) is 0 Å². The molecule has 0 aromatic carbocycles. The summed E-state index contributed by atoms with van der Waals surface area (Å²) in [6.45, 7) is 1.88. The minimum atomic E-state index is -0.423. The second kappa shape index (κ2) is 6.13. The lowest BCUT2D eigenvalue weighted by Crippen LogP contribution is -2.16. The molecule has 0 radical (unpaired) electrons. The molecule has 6 nitrogen and oxygen atoms in total. The summed E-state index contributed by atoms with van der Waals surface area (Å²) in [5, 5.41) is 8.91. The maximum absolute atomic E-state index is 10.8. The summed E-state index contributed by atoms with van der Waals surface area (Å²) in [6.07, 6.45) is 3.68. The first-order valence-electron chi connectivity index (χ1n) is 4.99. The number of hydrogen-bond donors (Lipinski definition) is 2. The van der Waals surface area contributed by atoms with E-state index in [4.69, 9.17) is 0 Å². The quantitative estimate of drug-likeness (QED) is 0.644. The van der Waals surface area contributed by atoms with Crippen molar-refractivity contribution in [1.29, 1.82) is 0 Å². The largest absolute Gasteiger partial charge is 0.369 e. The number of anilines is 1. The van der Waals surface area contributed by atoms with E-state index in [0.29, 0.717) is 5.82 Å². The predicted molar refractivity (Wildman–Crippen MR) is 58.9 cm³/mol. The van der Waals surface area contributed by atoms with Gasteiger partial charge in [0.1, 0.15) is 0 Å². The fourth-order valence-electron chi connectivity index (χ4n) is 1.17. The second-order valence-electron chi connectivity index (χ2n) is 3.61. The molecule has 15 heavy (non-hydrogen) atoms. The summed E-state index contributed by atoms with van der Waals surface area (Å²) in [5.41, 5.74) is -0.423. The van der Waals surface area contributed by atoms with E-state index in [1.807, 2.05) is 0 Å². The van der Waals surface area contributed by atoms with Gasteiger partial charge in [0.05, 0.1) is 6.20 Å². The summed E-state index contributed by atoms with van der Waals surface area (Å²) in [6, 6.07) is 0. The molecule has 1 rings (SSSR count). The van der Waals surface area contributed by atoms with Crippen molar-refractivity contribution in [3.05, 3.63) is 16.7 Å². The van der Waals surface area contributed by atoms with Gasteiger partial charge in [-0.2, -0.15) is 10.1 Å². The number of H-pyrrole nitrogens is 1. The van der Waals surface area contributed by atoms with Crippen LogP contribution >= 0.6 is 0 Å².